The Morgan fingerprint density at radius 3 is 2.63 bits per heavy atom. The van der Waals surface area contributed by atoms with Crippen LogP contribution in [0.1, 0.15) is 10.5 Å². The van der Waals surface area contributed by atoms with E-state index in [1.165, 1.54) is 14.4 Å². The average molecular weight is 268 g/mol. The van der Waals surface area contributed by atoms with Gasteiger partial charge in [-0.15, -0.1) is 0 Å². The van der Waals surface area contributed by atoms with Crippen molar-refractivity contribution < 1.29 is 19.4 Å². The first-order chi connectivity index (χ1) is 8.97. The van der Waals surface area contributed by atoms with E-state index in [4.69, 9.17) is 9.84 Å². The molecule has 1 aliphatic rings. The van der Waals surface area contributed by atoms with Gasteiger partial charge in [0, 0.05) is 21.1 Å². The van der Waals surface area contributed by atoms with Gasteiger partial charge in [0.05, 0.1) is 6.61 Å². The van der Waals surface area contributed by atoms with Crippen LogP contribution >= 0.6 is 0 Å². The van der Waals surface area contributed by atoms with Crippen LogP contribution in [0.5, 0.6) is 6.01 Å². The third-order valence-corrected chi connectivity index (χ3v) is 2.97. The molecule has 0 spiro atoms. The van der Waals surface area contributed by atoms with Crippen molar-refractivity contribution in [3.05, 3.63) is 5.69 Å². The Labute approximate surface area is 110 Å². The fourth-order valence-corrected chi connectivity index (χ4v) is 1.88. The predicted octanol–water partition coefficient (Wildman–Crippen LogP) is -1.16. The van der Waals surface area contributed by atoms with Crippen LogP contribution in [-0.2, 0) is 11.8 Å². The number of likely N-dealkylation sites (N-methyl/N-ethyl adjacent to an activating group) is 2. The topological polar surface area (TPSA) is 87.9 Å². The van der Waals surface area contributed by atoms with E-state index in [1.807, 2.05) is 0 Å². The highest BCUT2D eigenvalue weighted by Crippen LogP contribution is 2.27. The van der Waals surface area contributed by atoms with Crippen LogP contribution in [0.2, 0.25) is 0 Å². The van der Waals surface area contributed by atoms with E-state index in [0.29, 0.717) is 5.69 Å². The lowest BCUT2D eigenvalue weighted by molar-refractivity contribution is -0.118. The number of rotatable bonds is 3. The summed E-state index contributed by atoms with van der Waals surface area (Å²) in [6.45, 7) is -0.0654. The number of carbonyl (C=O) groups excluding carboxylic acids is 2. The zero-order valence-corrected chi connectivity index (χ0v) is 11.1. The molecule has 0 fully saturated rings. The van der Waals surface area contributed by atoms with Gasteiger partial charge in [0.2, 0.25) is 5.91 Å². The molecule has 2 heterocycles. The van der Waals surface area contributed by atoms with Gasteiger partial charge in [0.25, 0.3) is 11.9 Å². The SMILES string of the molecule is CN1CC(=O)N(C)c2nc(OCCO)n(C)c2C1=O. The molecule has 1 N–H and O–H groups in total. The molecule has 2 rings (SSSR count). The number of ether oxygens (including phenoxy) is 1. The van der Waals surface area contributed by atoms with Crippen LogP contribution in [0.3, 0.4) is 0 Å². The monoisotopic (exact) mass is 268 g/mol. The molecule has 1 aromatic rings. The van der Waals surface area contributed by atoms with Gasteiger partial charge in [-0.2, -0.15) is 4.98 Å². The maximum atomic E-state index is 12.2. The van der Waals surface area contributed by atoms with Crippen LogP contribution in [0.15, 0.2) is 0 Å². The van der Waals surface area contributed by atoms with Crippen molar-refractivity contribution in [3.8, 4) is 6.01 Å². The summed E-state index contributed by atoms with van der Waals surface area (Å²) in [5, 5.41) is 8.75. The zero-order chi connectivity index (χ0) is 14.2. The Morgan fingerprint density at radius 2 is 2.00 bits per heavy atom. The number of hydrogen-bond acceptors (Lipinski definition) is 5. The number of aromatic nitrogens is 2. The van der Waals surface area contributed by atoms with Crippen molar-refractivity contribution in [1.82, 2.24) is 14.5 Å². The minimum absolute atomic E-state index is 0.0124. The lowest BCUT2D eigenvalue weighted by Crippen LogP contribution is -2.35. The lowest BCUT2D eigenvalue weighted by Gasteiger charge is -2.14. The number of aliphatic hydroxyl groups is 1. The van der Waals surface area contributed by atoms with E-state index in [2.05, 4.69) is 4.98 Å². The Hall–Kier alpha value is -2.09. The minimum Gasteiger partial charge on any atom is -0.462 e. The highest BCUT2D eigenvalue weighted by atomic mass is 16.5. The molecule has 0 saturated carbocycles. The maximum Gasteiger partial charge on any atom is 0.298 e. The summed E-state index contributed by atoms with van der Waals surface area (Å²) in [6.07, 6.45) is 0. The molecule has 0 radical (unpaired) electrons. The molecule has 19 heavy (non-hydrogen) atoms. The molecule has 0 aliphatic carbocycles. The lowest BCUT2D eigenvalue weighted by atomic mass is 10.3. The van der Waals surface area contributed by atoms with Crippen molar-refractivity contribution in [3.63, 3.8) is 0 Å². The summed E-state index contributed by atoms with van der Waals surface area (Å²) < 4.78 is 6.72. The summed E-state index contributed by atoms with van der Waals surface area (Å²) in [5.74, 6) is -0.238. The first-order valence-electron chi connectivity index (χ1n) is 5.79. The van der Waals surface area contributed by atoms with Crippen molar-refractivity contribution in [2.75, 3.05) is 38.8 Å². The smallest absolute Gasteiger partial charge is 0.298 e. The van der Waals surface area contributed by atoms with E-state index in [-0.39, 0.29) is 43.4 Å². The Morgan fingerprint density at radius 1 is 1.32 bits per heavy atom. The molecule has 0 saturated heterocycles. The van der Waals surface area contributed by atoms with Crippen molar-refractivity contribution >= 4 is 17.6 Å². The molecular formula is C11H16N4O4. The van der Waals surface area contributed by atoms with Crippen LogP contribution < -0.4 is 9.64 Å². The highest BCUT2D eigenvalue weighted by Gasteiger charge is 2.33. The molecule has 1 aliphatic heterocycles. The fraction of sp³-hybridized carbons (Fsp3) is 0.545. The second-order valence-corrected chi connectivity index (χ2v) is 4.31. The quantitative estimate of drug-likeness (QED) is 0.747. The molecule has 8 nitrogen and oxygen atoms in total. The standard InChI is InChI=1S/C11H16N4O4/c1-13-6-7(17)14(2)9-8(10(13)18)15(3)11(12-9)19-5-4-16/h16H,4-6H2,1-3H3. The molecule has 0 atom stereocenters. The fourth-order valence-electron chi connectivity index (χ4n) is 1.88. The third-order valence-electron chi connectivity index (χ3n) is 2.97. The van der Waals surface area contributed by atoms with Gasteiger partial charge in [0.15, 0.2) is 11.5 Å². The zero-order valence-electron chi connectivity index (χ0n) is 11.1. The summed E-state index contributed by atoms with van der Waals surface area (Å²) in [4.78, 5) is 30.9. The number of fused-ring (bicyclic) bond motifs is 1. The van der Waals surface area contributed by atoms with Crippen LogP contribution in [0.25, 0.3) is 0 Å². The van der Waals surface area contributed by atoms with E-state index in [0.717, 1.165) is 0 Å². The van der Waals surface area contributed by atoms with Crippen LogP contribution in [-0.4, -0.2) is 65.2 Å². The van der Waals surface area contributed by atoms with Crippen molar-refractivity contribution in [2.24, 2.45) is 7.05 Å². The third kappa shape index (κ3) is 2.14. The number of anilines is 1. The molecule has 8 heteroatoms. The van der Waals surface area contributed by atoms with Gasteiger partial charge < -0.3 is 14.7 Å². The van der Waals surface area contributed by atoms with Crippen molar-refractivity contribution in [2.45, 2.75) is 0 Å². The molecule has 0 bridgehead atoms. The van der Waals surface area contributed by atoms with Gasteiger partial charge in [0.1, 0.15) is 13.2 Å². The maximum absolute atomic E-state index is 12.2. The van der Waals surface area contributed by atoms with Gasteiger partial charge in [-0.05, 0) is 0 Å². The van der Waals surface area contributed by atoms with Gasteiger partial charge >= 0.3 is 0 Å². The number of amides is 2. The van der Waals surface area contributed by atoms with E-state index < -0.39 is 0 Å². The van der Waals surface area contributed by atoms with Crippen LogP contribution in [0, 0.1) is 0 Å². The largest absolute Gasteiger partial charge is 0.462 e. The second kappa shape index (κ2) is 4.88. The molecule has 2 amide bonds. The number of nitrogens with zero attached hydrogens (tertiary/aromatic N) is 4. The molecule has 0 aromatic carbocycles. The first-order valence-corrected chi connectivity index (χ1v) is 5.79. The number of imidazole rings is 1. The number of hydrogen-bond donors (Lipinski definition) is 1. The average Bonchev–Trinajstić information content (AvgIpc) is 2.67. The Bertz CT molecular complexity index is 525. The number of carbonyl (C=O) groups is 2. The summed E-state index contributed by atoms with van der Waals surface area (Å²) >= 11 is 0. The normalized spacial score (nSPS) is 15.6. The minimum atomic E-state index is -0.290. The number of aliphatic hydroxyl groups excluding tert-OH is 1. The molecule has 104 valence electrons. The molecular weight excluding hydrogens is 252 g/mol. The van der Waals surface area contributed by atoms with Crippen LogP contribution in [0.4, 0.5) is 5.82 Å². The summed E-state index contributed by atoms with van der Waals surface area (Å²) in [6, 6.07) is 0.197. The van der Waals surface area contributed by atoms with E-state index in [1.54, 1.807) is 21.1 Å². The molecule has 1 aromatic heterocycles. The van der Waals surface area contributed by atoms with Crippen molar-refractivity contribution in [1.29, 1.82) is 0 Å². The summed E-state index contributed by atoms with van der Waals surface area (Å²) in [5.41, 5.74) is 0.295. The Kier molecular flexibility index (Phi) is 3.43. The van der Waals surface area contributed by atoms with E-state index in [9.17, 15) is 9.59 Å². The van der Waals surface area contributed by atoms with Gasteiger partial charge in [-0.1, -0.05) is 0 Å². The summed E-state index contributed by atoms with van der Waals surface area (Å²) in [7, 11) is 4.76. The predicted molar refractivity (Wildman–Crippen MR) is 66.2 cm³/mol. The van der Waals surface area contributed by atoms with Gasteiger partial charge in [-0.3, -0.25) is 19.1 Å². The second-order valence-electron chi connectivity index (χ2n) is 4.31. The Balaban J connectivity index is 2.49. The van der Waals surface area contributed by atoms with E-state index >= 15 is 0 Å². The molecule has 0 unspecified atom stereocenters. The first kappa shape index (κ1) is 13.3. The highest BCUT2D eigenvalue weighted by molar-refractivity contribution is 6.07. The van der Waals surface area contributed by atoms with Gasteiger partial charge in [-0.25, -0.2) is 0 Å².